The van der Waals surface area contributed by atoms with E-state index in [1.54, 1.807) is 24.3 Å². The van der Waals surface area contributed by atoms with E-state index in [0.717, 1.165) is 0 Å². The second-order valence-electron chi connectivity index (χ2n) is 6.86. The number of anilines is 2. The number of para-hydroxylation sites is 2. The van der Waals surface area contributed by atoms with Crippen molar-refractivity contribution in [2.75, 3.05) is 17.2 Å². The summed E-state index contributed by atoms with van der Waals surface area (Å²) in [4.78, 5) is 49.6. The topological polar surface area (TPSA) is 95.6 Å². The van der Waals surface area contributed by atoms with E-state index < -0.39 is 0 Å². The summed E-state index contributed by atoms with van der Waals surface area (Å²) in [5.41, 5.74) is 1.04. The van der Waals surface area contributed by atoms with Gasteiger partial charge in [0.05, 0.1) is 23.2 Å². The summed E-state index contributed by atoms with van der Waals surface area (Å²) in [6.45, 7) is 1.65. The quantitative estimate of drug-likeness (QED) is 0.594. The van der Waals surface area contributed by atoms with Crippen molar-refractivity contribution in [3.05, 3.63) is 36.4 Å². The lowest BCUT2D eigenvalue weighted by molar-refractivity contribution is -0.140. The van der Waals surface area contributed by atoms with Crippen LogP contribution in [0.5, 0.6) is 0 Å². The SMILES string of the molecule is CC(=O)Nc1ccccc1NC(=O)CCCN1C(=O)[C@@H]2CC=CC[C@H]2C1=O. The van der Waals surface area contributed by atoms with Crippen LogP contribution < -0.4 is 10.6 Å². The van der Waals surface area contributed by atoms with E-state index in [4.69, 9.17) is 0 Å². The number of nitrogens with zero attached hydrogens (tertiary/aromatic N) is 1. The molecule has 0 unspecified atom stereocenters. The van der Waals surface area contributed by atoms with Gasteiger partial charge >= 0.3 is 0 Å². The van der Waals surface area contributed by atoms with Crippen LogP contribution in [0.4, 0.5) is 11.4 Å². The fourth-order valence-corrected chi connectivity index (χ4v) is 3.59. The first kappa shape index (κ1) is 18.8. The molecule has 4 amide bonds. The van der Waals surface area contributed by atoms with Crippen LogP contribution in [0.3, 0.4) is 0 Å². The van der Waals surface area contributed by atoms with Crippen molar-refractivity contribution in [3.63, 3.8) is 0 Å². The zero-order chi connectivity index (χ0) is 19.4. The van der Waals surface area contributed by atoms with Gasteiger partial charge in [0.15, 0.2) is 0 Å². The highest BCUT2D eigenvalue weighted by atomic mass is 16.2. The average molecular weight is 369 g/mol. The first-order valence-corrected chi connectivity index (χ1v) is 9.14. The Labute approximate surface area is 157 Å². The van der Waals surface area contributed by atoms with Gasteiger partial charge in [0.1, 0.15) is 0 Å². The second-order valence-corrected chi connectivity index (χ2v) is 6.86. The Morgan fingerprint density at radius 2 is 1.56 bits per heavy atom. The average Bonchev–Trinajstić information content (AvgIpc) is 2.88. The number of imide groups is 1. The fraction of sp³-hybridized carbons (Fsp3) is 0.400. The summed E-state index contributed by atoms with van der Waals surface area (Å²) in [5.74, 6) is -1.16. The molecule has 1 aromatic carbocycles. The first-order chi connectivity index (χ1) is 13.0. The number of nitrogens with one attached hydrogen (secondary N) is 2. The van der Waals surface area contributed by atoms with E-state index in [1.807, 2.05) is 12.2 Å². The van der Waals surface area contributed by atoms with Crippen LogP contribution in [-0.2, 0) is 19.2 Å². The van der Waals surface area contributed by atoms with Gasteiger partial charge < -0.3 is 10.6 Å². The molecule has 7 heteroatoms. The number of hydrogen-bond acceptors (Lipinski definition) is 4. The van der Waals surface area contributed by atoms with Gasteiger partial charge in [0.2, 0.25) is 23.6 Å². The molecular weight excluding hydrogens is 346 g/mol. The lowest BCUT2D eigenvalue weighted by Gasteiger charge is -2.15. The predicted molar refractivity (Wildman–Crippen MR) is 101 cm³/mol. The number of rotatable bonds is 6. The van der Waals surface area contributed by atoms with Crippen molar-refractivity contribution in [1.29, 1.82) is 0 Å². The van der Waals surface area contributed by atoms with Crippen LogP contribution >= 0.6 is 0 Å². The molecule has 1 saturated heterocycles. The van der Waals surface area contributed by atoms with E-state index in [9.17, 15) is 19.2 Å². The largest absolute Gasteiger partial charge is 0.325 e. The van der Waals surface area contributed by atoms with Crippen LogP contribution in [0, 0.1) is 11.8 Å². The van der Waals surface area contributed by atoms with Gasteiger partial charge in [-0.25, -0.2) is 0 Å². The minimum Gasteiger partial charge on any atom is -0.325 e. The second kappa shape index (κ2) is 8.16. The lowest BCUT2D eigenvalue weighted by Crippen LogP contribution is -2.32. The monoisotopic (exact) mass is 369 g/mol. The zero-order valence-corrected chi connectivity index (χ0v) is 15.2. The van der Waals surface area contributed by atoms with Gasteiger partial charge in [-0.1, -0.05) is 24.3 Å². The summed E-state index contributed by atoms with van der Waals surface area (Å²) in [5, 5.41) is 5.42. The maximum absolute atomic E-state index is 12.4. The van der Waals surface area contributed by atoms with Gasteiger partial charge in [0.25, 0.3) is 0 Å². The molecule has 0 aromatic heterocycles. The summed E-state index contributed by atoms with van der Waals surface area (Å²) in [6, 6.07) is 6.93. The minimum absolute atomic E-state index is 0.120. The van der Waals surface area contributed by atoms with E-state index in [1.165, 1.54) is 11.8 Å². The predicted octanol–water partition coefficient (Wildman–Crippen LogP) is 2.31. The van der Waals surface area contributed by atoms with Crippen LogP contribution in [0.25, 0.3) is 0 Å². The summed E-state index contributed by atoms with van der Waals surface area (Å²) in [7, 11) is 0. The Kier molecular flexibility index (Phi) is 5.69. The van der Waals surface area contributed by atoms with Gasteiger partial charge in [-0.15, -0.1) is 0 Å². The number of likely N-dealkylation sites (tertiary alicyclic amines) is 1. The van der Waals surface area contributed by atoms with Crippen molar-refractivity contribution in [1.82, 2.24) is 4.90 Å². The molecule has 142 valence electrons. The summed E-state index contributed by atoms with van der Waals surface area (Å²) >= 11 is 0. The number of benzene rings is 1. The van der Waals surface area contributed by atoms with Gasteiger partial charge in [0, 0.05) is 19.9 Å². The maximum atomic E-state index is 12.4. The zero-order valence-electron chi connectivity index (χ0n) is 15.2. The Morgan fingerprint density at radius 3 is 2.11 bits per heavy atom. The van der Waals surface area contributed by atoms with Crippen molar-refractivity contribution in [2.45, 2.75) is 32.6 Å². The molecule has 7 nitrogen and oxygen atoms in total. The molecule has 27 heavy (non-hydrogen) atoms. The highest BCUT2D eigenvalue weighted by molar-refractivity contribution is 6.05. The fourth-order valence-electron chi connectivity index (χ4n) is 3.59. The van der Waals surface area contributed by atoms with Crippen LogP contribution in [0.2, 0.25) is 0 Å². The lowest BCUT2D eigenvalue weighted by atomic mass is 9.85. The van der Waals surface area contributed by atoms with Crippen molar-refractivity contribution in [2.24, 2.45) is 11.8 Å². The van der Waals surface area contributed by atoms with Crippen molar-refractivity contribution < 1.29 is 19.2 Å². The number of hydrogen-bond donors (Lipinski definition) is 2. The number of allylic oxidation sites excluding steroid dienone is 2. The van der Waals surface area contributed by atoms with E-state index in [0.29, 0.717) is 30.6 Å². The Bertz CT molecular complexity index is 776. The van der Waals surface area contributed by atoms with E-state index >= 15 is 0 Å². The molecule has 2 aliphatic rings. The molecule has 1 aromatic rings. The molecular formula is C20H23N3O4. The van der Waals surface area contributed by atoms with Gasteiger partial charge in [-0.05, 0) is 31.4 Å². The first-order valence-electron chi connectivity index (χ1n) is 9.14. The maximum Gasteiger partial charge on any atom is 0.233 e. The molecule has 1 aliphatic carbocycles. The normalized spacial score (nSPS) is 21.1. The Morgan fingerprint density at radius 1 is 1.00 bits per heavy atom. The third kappa shape index (κ3) is 4.24. The molecule has 0 radical (unpaired) electrons. The van der Waals surface area contributed by atoms with Gasteiger partial charge in [-0.2, -0.15) is 0 Å². The van der Waals surface area contributed by atoms with Crippen molar-refractivity contribution >= 4 is 35.0 Å². The summed E-state index contributed by atoms with van der Waals surface area (Å²) in [6.07, 6.45) is 5.72. The molecule has 3 rings (SSSR count). The number of fused-ring (bicyclic) bond motifs is 1. The molecule has 1 heterocycles. The smallest absolute Gasteiger partial charge is 0.233 e. The summed E-state index contributed by atoms with van der Waals surface area (Å²) < 4.78 is 0. The molecule has 2 atom stereocenters. The molecule has 1 aliphatic heterocycles. The van der Waals surface area contributed by atoms with E-state index in [-0.39, 0.29) is 48.4 Å². The molecule has 2 N–H and O–H groups in total. The van der Waals surface area contributed by atoms with Crippen molar-refractivity contribution in [3.8, 4) is 0 Å². The van der Waals surface area contributed by atoms with Crippen LogP contribution in [0.1, 0.15) is 32.6 Å². The molecule has 0 spiro atoms. The molecule has 0 saturated carbocycles. The molecule has 1 fully saturated rings. The van der Waals surface area contributed by atoms with Crippen LogP contribution in [-0.4, -0.2) is 35.1 Å². The minimum atomic E-state index is -0.235. The third-order valence-electron chi connectivity index (χ3n) is 4.90. The van der Waals surface area contributed by atoms with E-state index in [2.05, 4.69) is 10.6 Å². The number of carbonyl (C=O) groups excluding carboxylic acids is 4. The van der Waals surface area contributed by atoms with Gasteiger partial charge in [-0.3, -0.25) is 24.1 Å². The standard InChI is InChI=1S/C20H23N3O4/c1-13(24)21-16-9-4-5-10-17(16)22-18(25)11-6-12-23-19(26)14-7-2-3-8-15(14)20(23)27/h2-5,9-10,14-15H,6-8,11-12H2,1H3,(H,21,24)(H,22,25)/t14-,15-/m1/s1. The third-order valence-corrected chi connectivity index (χ3v) is 4.90. The van der Waals surface area contributed by atoms with Crippen LogP contribution in [0.15, 0.2) is 36.4 Å². The highest BCUT2D eigenvalue weighted by Crippen LogP contribution is 2.35. The Balaban J connectivity index is 1.51. The number of carbonyl (C=O) groups is 4. The number of amides is 4. The Hall–Kier alpha value is -2.96. The highest BCUT2D eigenvalue weighted by Gasteiger charge is 2.46. The molecule has 0 bridgehead atoms.